The Morgan fingerprint density at radius 2 is 1.74 bits per heavy atom. The highest BCUT2D eigenvalue weighted by Gasteiger charge is 2.54. The molecule has 1 amide bonds. The van der Waals surface area contributed by atoms with Crippen LogP contribution >= 0.6 is 8.53 Å². The fourth-order valence-electron chi connectivity index (χ4n) is 6.97. The molecule has 7 atom stereocenters. The number of fused-ring (bicyclic) bond motifs is 1. The lowest BCUT2D eigenvalue weighted by Gasteiger charge is -2.32. The van der Waals surface area contributed by atoms with Gasteiger partial charge >= 0.3 is 5.69 Å². The van der Waals surface area contributed by atoms with Crippen LogP contribution in [0.4, 0.5) is 5.82 Å². The van der Waals surface area contributed by atoms with Crippen LogP contribution in [0, 0.1) is 5.92 Å². The van der Waals surface area contributed by atoms with Gasteiger partial charge in [0, 0.05) is 31.8 Å². The van der Waals surface area contributed by atoms with Crippen molar-refractivity contribution < 1.29 is 23.3 Å². The molecule has 246 valence electrons. The van der Waals surface area contributed by atoms with Crippen LogP contribution < -0.4 is 21.4 Å². The number of anilines is 1. The van der Waals surface area contributed by atoms with Crippen LogP contribution in [-0.4, -0.2) is 72.3 Å². The molecule has 0 bridgehead atoms. The molecule has 1 aromatic heterocycles. The highest BCUT2D eigenvalue weighted by Crippen LogP contribution is 2.59. The number of nitrogens with zero attached hydrogens (tertiary/aromatic N) is 3. The summed E-state index contributed by atoms with van der Waals surface area (Å²) in [5, 5.41) is 5.49. The van der Waals surface area contributed by atoms with Crippen molar-refractivity contribution in [3.63, 3.8) is 0 Å². The number of carbonyl (C=O) groups is 1. The number of nitrogens with one attached hydrogen (secondary N) is 1. The van der Waals surface area contributed by atoms with Gasteiger partial charge in [-0.3, -0.25) is 9.36 Å². The summed E-state index contributed by atoms with van der Waals surface area (Å²) in [4.78, 5) is 29.4. The summed E-state index contributed by atoms with van der Waals surface area (Å²) >= 11 is 0. The molecule has 2 aromatic carbocycles. The summed E-state index contributed by atoms with van der Waals surface area (Å²) in [7, 11) is -1.89. The van der Waals surface area contributed by atoms with Crippen molar-refractivity contribution in [3.8, 4) is 0 Å². The molecular formula is C34H45N4O6PSi. The van der Waals surface area contributed by atoms with Crippen LogP contribution in [0.5, 0.6) is 0 Å². The molecule has 3 aliphatic heterocycles. The number of benzene rings is 2. The number of amides is 1. The van der Waals surface area contributed by atoms with E-state index < -0.39 is 40.7 Å². The monoisotopic (exact) mass is 664 g/mol. The third kappa shape index (κ3) is 6.51. The maximum Gasteiger partial charge on any atom is 0.351 e. The van der Waals surface area contributed by atoms with Gasteiger partial charge in [-0.2, -0.15) is 4.98 Å². The van der Waals surface area contributed by atoms with Crippen molar-refractivity contribution in [1.82, 2.24) is 14.2 Å². The van der Waals surface area contributed by atoms with Gasteiger partial charge in [-0.1, -0.05) is 98.4 Å². The van der Waals surface area contributed by atoms with Gasteiger partial charge in [-0.05, 0) is 31.4 Å². The Kier molecular flexibility index (Phi) is 10.2. The fourth-order valence-corrected chi connectivity index (χ4v) is 12.9. The Morgan fingerprint density at radius 3 is 2.33 bits per heavy atom. The van der Waals surface area contributed by atoms with E-state index in [1.165, 1.54) is 14.9 Å². The number of hydrogen-bond acceptors (Lipinski definition) is 8. The first-order valence-electron chi connectivity index (χ1n) is 16.3. The lowest BCUT2D eigenvalue weighted by atomic mass is 10.1. The lowest BCUT2D eigenvalue weighted by Crippen LogP contribution is -2.58. The topological polar surface area (TPSA) is 104 Å². The number of carbonyl (C=O) groups excluding carboxylic acids is 1. The minimum absolute atomic E-state index is 0.0466. The molecular weight excluding hydrogens is 619 g/mol. The molecule has 46 heavy (non-hydrogen) atoms. The maximum absolute atomic E-state index is 13.1. The maximum atomic E-state index is 13.1. The van der Waals surface area contributed by atoms with E-state index in [1.54, 1.807) is 33.2 Å². The van der Waals surface area contributed by atoms with Crippen LogP contribution in [0.3, 0.4) is 0 Å². The van der Waals surface area contributed by atoms with Crippen molar-refractivity contribution >= 4 is 38.7 Å². The van der Waals surface area contributed by atoms with E-state index in [-0.39, 0.29) is 29.9 Å². The molecule has 0 radical (unpaired) electrons. The summed E-state index contributed by atoms with van der Waals surface area (Å²) in [6.07, 6.45) is 2.48. The highest BCUT2D eigenvalue weighted by atomic mass is 31.2. The van der Waals surface area contributed by atoms with Gasteiger partial charge in [0.05, 0.1) is 12.2 Å². The first-order chi connectivity index (χ1) is 22.2. The molecule has 1 unspecified atom stereocenters. The van der Waals surface area contributed by atoms with Gasteiger partial charge in [0.25, 0.3) is 8.53 Å². The van der Waals surface area contributed by atoms with E-state index in [1.807, 2.05) is 6.92 Å². The van der Waals surface area contributed by atoms with Crippen LogP contribution in [0.25, 0.3) is 0 Å². The smallest absolute Gasteiger partial charge is 0.351 e. The molecule has 0 saturated carbocycles. The standard InChI is InChI=1S/C34H45N4O6PSi/c1-6-27-30(31(41-4)33(42-27)37-21-19-29(36-34(37)40)35-32(39)23(2)3)44-45-38-20-13-18-26(38)28(43-45)22-46(5,24-14-9-7-10-15-24)25-16-11-8-12-17-25/h7-12,14-17,19,21,23,26-28,30-31,33H,6,13,18,20,22H2,1-5H3,(H,35,36,39,40)/t26-,27+,28+,30-,31?,33+,45-/m0/s1. The Hall–Kier alpha value is -2.76. The Labute approximate surface area is 273 Å². The zero-order valence-corrected chi connectivity index (χ0v) is 29.1. The average Bonchev–Trinajstić information content (AvgIpc) is 3.77. The lowest BCUT2D eigenvalue weighted by molar-refractivity contribution is -0.118. The van der Waals surface area contributed by atoms with Crippen molar-refractivity contribution in [1.29, 1.82) is 0 Å². The summed E-state index contributed by atoms with van der Waals surface area (Å²) in [5.41, 5.74) is -0.530. The summed E-state index contributed by atoms with van der Waals surface area (Å²) < 4.78 is 30.1. The van der Waals surface area contributed by atoms with E-state index in [9.17, 15) is 9.59 Å². The van der Waals surface area contributed by atoms with E-state index in [0.717, 1.165) is 25.4 Å². The second-order valence-corrected chi connectivity index (χ2v) is 18.6. The summed E-state index contributed by atoms with van der Waals surface area (Å²) in [6, 6.07) is 24.7. The second kappa shape index (κ2) is 14.2. The van der Waals surface area contributed by atoms with Crippen molar-refractivity contribution in [3.05, 3.63) is 83.4 Å². The van der Waals surface area contributed by atoms with Crippen molar-refractivity contribution in [2.75, 3.05) is 19.0 Å². The molecule has 3 saturated heterocycles. The molecule has 3 aliphatic rings. The van der Waals surface area contributed by atoms with E-state index in [0.29, 0.717) is 12.5 Å². The molecule has 4 heterocycles. The van der Waals surface area contributed by atoms with Gasteiger partial charge in [0.1, 0.15) is 26.1 Å². The predicted molar refractivity (Wildman–Crippen MR) is 182 cm³/mol. The second-order valence-electron chi connectivity index (χ2n) is 12.9. The zero-order chi connectivity index (χ0) is 32.4. The number of methoxy groups -OCH3 is 1. The molecule has 0 aliphatic carbocycles. The molecule has 6 rings (SSSR count). The number of ether oxygens (including phenoxy) is 2. The zero-order valence-electron chi connectivity index (χ0n) is 27.2. The third-order valence-electron chi connectivity index (χ3n) is 9.62. The predicted octanol–water partition coefficient (Wildman–Crippen LogP) is 4.53. The Balaban J connectivity index is 1.22. The third-order valence-corrected chi connectivity index (χ3v) is 15.8. The average molecular weight is 665 g/mol. The van der Waals surface area contributed by atoms with E-state index in [2.05, 4.69) is 82.2 Å². The normalized spacial score (nSPS) is 28.1. The largest absolute Gasteiger partial charge is 0.374 e. The molecule has 1 N–H and O–H groups in total. The SMILES string of the molecule is CC[C@H]1O[C@@H](n2ccc(NC(=O)C(C)C)nc2=O)C(OC)[C@H]1O[P@]1O[C@H](C[Si](C)(c2ccccc2)c2ccccc2)[C@@H]2CCCN21. The number of aromatic nitrogens is 2. The first-order valence-corrected chi connectivity index (χ1v) is 20.2. The van der Waals surface area contributed by atoms with Gasteiger partial charge in [-0.25, -0.2) is 9.46 Å². The fraction of sp³-hybridized carbons (Fsp3) is 0.500. The van der Waals surface area contributed by atoms with Crippen LogP contribution in [0.1, 0.15) is 46.3 Å². The van der Waals surface area contributed by atoms with Crippen LogP contribution in [0.15, 0.2) is 77.7 Å². The molecule has 0 spiro atoms. The Morgan fingerprint density at radius 1 is 1.07 bits per heavy atom. The summed E-state index contributed by atoms with van der Waals surface area (Å²) in [5.74, 6) is -0.225. The minimum atomic E-state index is -2.14. The van der Waals surface area contributed by atoms with Crippen molar-refractivity contribution in [2.45, 2.75) is 89.3 Å². The first kappa shape index (κ1) is 33.1. The van der Waals surface area contributed by atoms with Gasteiger partial charge in [0.2, 0.25) is 5.91 Å². The summed E-state index contributed by atoms with van der Waals surface area (Å²) in [6.45, 7) is 9.00. The van der Waals surface area contributed by atoms with Crippen LogP contribution in [0.2, 0.25) is 12.6 Å². The van der Waals surface area contributed by atoms with Crippen LogP contribution in [-0.2, 0) is 23.3 Å². The Bertz CT molecular complexity index is 1510. The highest BCUT2D eigenvalue weighted by molar-refractivity contribution is 7.45. The van der Waals surface area contributed by atoms with E-state index >= 15 is 0 Å². The van der Waals surface area contributed by atoms with Gasteiger partial charge in [0.15, 0.2) is 6.23 Å². The quantitative estimate of drug-likeness (QED) is 0.236. The molecule has 10 nitrogen and oxygen atoms in total. The molecule has 12 heteroatoms. The van der Waals surface area contributed by atoms with Gasteiger partial charge in [-0.15, -0.1) is 0 Å². The van der Waals surface area contributed by atoms with Gasteiger partial charge < -0.3 is 23.8 Å². The number of rotatable bonds is 11. The van der Waals surface area contributed by atoms with Crippen molar-refractivity contribution in [2.24, 2.45) is 5.92 Å². The van der Waals surface area contributed by atoms with E-state index in [4.69, 9.17) is 18.5 Å². The molecule has 3 aromatic rings. The number of hydrogen-bond donors (Lipinski definition) is 1. The minimum Gasteiger partial charge on any atom is -0.374 e. The molecule has 3 fully saturated rings.